The van der Waals surface area contributed by atoms with Crippen LogP contribution in [0.25, 0.3) is 0 Å². The van der Waals surface area contributed by atoms with E-state index in [-0.39, 0.29) is 0 Å². The molecule has 0 saturated carbocycles. The number of benzene rings is 1. The van der Waals surface area contributed by atoms with E-state index in [0.29, 0.717) is 5.96 Å². The Morgan fingerprint density at radius 2 is 2.43 bits per heavy atom. The molecule has 1 aromatic carbocycles. The van der Waals surface area contributed by atoms with Gasteiger partial charge in [-0.05, 0) is 18.2 Å². The first-order valence-corrected chi connectivity index (χ1v) is 4.53. The molecule has 2 aliphatic heterocycles. The summed E-state index contributed by atoms with van der Waals surface area (Å²) in [7, 11) is 0. The smallest absolute Gasteiger partial charge is 0.202 e. The molecular weight excluding hydrogens is 176 g/mol. The highest BCUT2D eigenvalue weighted by Gasteiger charge is 2.27. The molecule has 0 amide bonds. The van der Waals surface area contributed by atoms with E-state index in [1.54, 1.807) is 0 Å². The van der Waals surface area contributed by atoms with Crippen molar-refractivity contribution >= 4 is 17.5 Å². The lowest BCUT2D eigenvalue weighted by molar-refractivity contribution is 0.654. The summed E-state index contributed by atoms with van der Waals surface area (Å²) in [6, 6.07) is 8.66. The zero-order valence-electron chi connectivity index (χ0n) is 7.57. The number of hydrogen-bond donors (Lipinski definition) is 1. The monoisotopic (exact) mass is 185 g/mol. The fourth-order valence-corrected chi connectivity index (χ4v) is 1.79. The molecule has 2 N–H and O–H groups in total. The highest BCUT2D eigenvalue weighted by molar-refractivity contribution is 6.15. The van der Waals surface area contributed by atoms with Gasteiger partial charge in [0, 0.05) is 12.1 Å². The van der Waals surface area contributed by atoms with Gasteiger partial charge in [-0.15, -0.1) is 0 Å². The molecule has 0 atom stereocenters. The minimum Gasteiger partial charge on any atom is -0.369 e. The summed E-state index contributed by atoms with van der Waals surface area (Å²) in [5.74, 6) is 1.48. The van der Waals surface area contributed by atoms with Gasteiger partial charge in [0.25, 0.3) is 0 Å². The van der Waals surface area contributed by atoms with E-state index in [4.69, 9.17) is 5.73 Å². The maximum atomic E-state index is 5.82. The van der Waals surface area contributed by atoms with Gasteiger partial charge >= 0.3 is 0 Å². The van der Waals surface area contributed by atoms with E-state index in [9.17, 15) is 0 Å². The van der Waals surface area contributed by atoms with Crippen LogP contribution in [0.15, 0.2) is 28.2 Å². The molecule has 0 saturated heterocycles. The van der Waals surface area contributed by atoms with E-state index in [1.165, 1.54) is 0 Å². The van der Waals surface area contributed by atoms with Gasteiger partial charge in [-0.2, -0.15) is 0 Å². The minimum atomic E-state index is 0.536. The Balaban J connectivity index is 2.25. The molecule has 1 radical (unpaired) electrons. The third kappa shape index (κ3) is 0.878. The maximum Gasteiger partial charge on any atom is 0.202 e. The van der Waals surface area contributed by atoms with Crippen LogP contribution >= 0.6 is 0 Å². The average Bonchev–Trinajstić information content (AvgIpc) is 2.67. The zero-order valence-corrected chi connectivity index (χ0v) is 7.57. The van der Waals surface area contributed by atoms with Crippen molar-refractivity contribution < 1.29 is 0 Å². The van der Waals surface area contributed by atoms with Gasteiger partial charge in [-0.1, -0.05) is 6.07 Å². The Morgan fingerprint density at radius 3 is 3.36 bits per heavy atom. The predicted molar refractivity (Wildman–Crippen MR) is 54.7 cm³/mol. The second-order valence-corrected chi connectivity index (χ2v) is 3.27. The van der Waals surface area contributed by atoms with Crippen molar-refractivity contribution in [1.82, 2.24) is 4.90 Å². The Morgan fingerprint density at radius 1 is 1.50 bits per heavy atom. The first-order valence-electron chi connectivity index (χ1n) is 4.53. The topological polar surface area (TPSA) is 54.0 Å². The number of nitrogens with zero attached hydrogens (tertiary/aromatic N) is 3. The number of fused-ring (bicyclic) bond motifs is 3. The van der Waals surface area contributed by atoms with E-state index < -0.39 is 0 Å². The van der Waals surface area contributed by atoms with E-state index >= 15 is 0 Å². The third-order valence-electron chi connectivity index (χ3n) is 2.44. The number of nitrogens with two attached hydrogens (primary N) is 1. The lowest BCUT2D eigenvalue weighted by Gasteiger charge is -2.24. The molecule has 1 aromatic rings. The fraction of sp³-hybridized carbons (Fsp3) is 0.200. The number of guanidine groups is 1. The van der Waals surface area contributed by atoms with Gasteiger partial charge in [0.1, 0.15) is 5.84 Å². The molecule has 0 spiro atoms. The van der Waals surface area contributed by atoms with Crippen LogP contribution in [0.1, 0.15) is 5.56 Å². The Kier molecular flexibility index (Phi) is 1.39. The molecule has 2 heterocycles. The average molecular weight is 185 g/mol. The Bertz CT molecular complexity index is 447. The van der Waals surface area contributed by atoms with Crippen molar-refractivity contribution in [3.8, 4) is 0 Å². The van der Waals surface area contributed by atoms with Crippen LogP contribution in [-0.4, -0.2) is 29.8 Å². The molecular formula is C10H9N4. The molecule has 0 aromatic heterocycles. The molecule has 69 valence electrons. The van der Waals surface area contributed by atoms with Crippen LogP contribution in [0, 0.1) is 6.07 Å². The van der Waals surface area contributed by atoms with Gasteiger partial charge in [0.05, 0.1) is 12.2 Å². The van der Waals surface area contributed by atoms with Crippen molar-refractivity contribution in [2.45, 2.75) is 0 Å². The Hall–Kier alpha value is -1.84. The number of rotatable bonds is 0. The highest BCUT2D eigenvalue weighted by Crippen LogP contribution is 2.26. The van der Waals surface area contributed by atoms with Gasteiger partial charge in [-0.3, -0.25) is 9.89 Å². The Labute approximate surface area is 81.8 Å². The van der Waals surface area contributed by atoms with E-state index in [1.807, 2.05) is 23.1 Å². The summed E-state index contributed by atoms with van der Waals surface area (Å²) in [6.45, 7) is 1.63. The zero-order chi connectivity index (χ0) is 9.54. The van der Waals surface area contributed by atoms with Crippen molar-refractivity contribution in [2.75, 3.05) is 13.1 Å². The molecule has 4 heteroatoms. The standard InChI is InChI=1S/C10H9N4/c11-10-13-8-4-2-1-3-7(8)9-12-5-6-14(9)10/h1,3-4H,5-6H2,(H2,11,13). The van der Waals surface area contributed by atoms with E-state index in [0.717, 1.165) is 30.2 Å². The second-order valence-electron chi connectivity index (χ2n) is 3.27. The van der Waals surface area contributed by atoms with Gasteiger partial charge in [0.15, 0.2) is 0 Å². The number of aliphatic imine (C=N–C) groups is 2. The first-order chi connectivity index (χ1) is 6.86. The van der Waals surface area contributed by atoms with Crippen LogP contribution in [0.4, 0.5) is 5.69 Å². The van der Waals surface area contributed by atoms with E-state index in [2.05, 4.69) is 16.1 Å². The molecule has 0 unspecified atom stereocenters. The fourth-order valence-electron chi connectivity index (χ4n) is 1.79. The summed E-state index contributed by atoms with van der Waals surface area (Å²) in [4.78, 5) is 10.7. The normalized spacial score (nSPS) is 18.4. The summed E-state index contributed by atoms with van der Waals surface area (Å²) in [5.41, 5.74) is 7.73. The van der Waals surface area contributed by atoms with Gasteiger partial charge in [-0.25, -0.2) is 4.99 Å². The quantitative estimate of drug-likeness (QED) is 0.640. The lowest BCUT2D eigenvalue weighted by atomic mass is 10.1. The van der Waals surface area contributed by atoms with Crippen molar-refractivity contribution in [3.63, 3.8) is 0 Å². The van der Waals surface area contributed by atoms with Gasteiger partial charge in [0.2, 0.25) is 5.96 Å². The summed E-state index contributed by atoms with van der Waals surface area (Å²) in [5, 5.41) is 0. The number of amidine groups is 1. The van der Waals surface area contributed by atoms with Crippen molar-refractivity contribution in [3.05, 3.63) is 29.8 Å². The maximum absolute atomic E-state index is 5.82. The minimum absolute atomic E-state index is 0.536. The molecule has 0 aliphatic carbocycles. The largest absolute Gasteiger partial charge is 0.369 e. The van der Waals surface area contributed by atoms with Crippen molar-refractivity contribution in [1.29, 1.82) is 0 Å². The molecule has 3 rings (SSSR count). The molecule has 2 aliphatic rings. The summed E-state index contributed by atoms with van der Waals surface area (Å²) < 4.78 is 0. The predicted octanol–water partition coefficient (Wildman–Crippen LogP) is 0.509. The van der Waals surface area contributed by atoms with Crippen molar-refractivity contribution in [2.24, 2.45) is 15.7 Å². The molecule has 14 heavy (non-hydrogen) atoms. The first kappa shape index (κ1) is 7.55. The van der Waals surface area contributed by atoms with Crippen LogP contribution in [0.3, 0.4) is 0 Å². The van der Waals surface area contributed by atoms with Crippen LogP contribution in [-0.2, 0) is 0 Å². The summed E-state index contributed by atoms with van der Waals surface area (Å²) >= 11 is 0. The van der Waals surface area contributed by atoms with Crippen LogP contribution in [0.5, 0.6) is 0 Å². The highest BCUT2D eigenvalue weighted by atomic mass is 15.3. The third-order valence-corrected chi connectivity index (χ3v) is 2.44. The SMILES string of the molecule is NC1=Nc2c[c]ccc2C2=NCCN12. The lowest BCUT2D eigenvalue weighted by Crippen LogP contribution is -2.42. The molecule has 0 fully saturated rings. The summed E-state index contributed by atoms with van der Waals surface area (Å²) in [6.07, 6.45) is 0. The molecule has 4 nitrogen and oxygen atoms in total. The van der Waals surface area contributed by atoms with Gasteiger partial charge < -0.3 is 5.73 Å². The van der Waals surface area contributed by atoms with Crippen LogP contribution < -0.4 is 5.73 Å². The molecule has 0 bridgehead atoms. The second kappa shape index (κ2) is 2.57. The van der Waals surface area contributed by atoms with Crippen LogP contribution in [0.2, 0.25) is 0 Å². The number of hydrogen-bond acceptors (Lipinski definition) is 4.